The standard InChI is InChI=1S/C9H6F3N5S/c10-9(11,12)8-14-5(4-18-8)7-16-15-6-3-13-1-2-17(6)7/h3-4H,1-2H2. The number of aromatic nitrogens is 4. The molecule has 0 atom stereocenters. The van der Waals surface area contributed by atoms with Crippen LogP contribution in [-0.4, -0.2) is 32.5 Å². The zero-order valence-electron chi connectivity index (χ0n) is 8.85. The van der Waals surface area contributed by atoms with Gasteiger partial charge in [-0.3, -0.25) is 4.99 Å². The van der Waals surface area contributed by atoms with E-state index in [4.69, 9.17) is 0 Å². The molecule has 0 unspecified atom stereocenters. The van der Waals surface area contributed by atoms with Crippen LogP contribution >= 0.6 is 11.3 Å². The van der Waals surface area contributed by atoms with Crippen molar-refractivity contribution in [2.24, 2.45) is 4.99 Å². The van der Waals surface area contributed by atoms with Crippen molar-refractivity contribution in [2.45, 2.75) is 12.7 Å². The maximum absolute atomic E-state index is 12.5. The number of halogens is 3. The molecule has 0 saturated carbocycles. The summed E-state index contributed by atoms with van der Waals surface area (Å²) in [7, 11) is 0. The van der Waals surface area contributed by atoms with E-state index in [0.717, 1.165) is 0 Å². The second kappa shape index (κ2) is 3.87. The summed E-state index contributed by atoms with van der Waals surface area (Å²) in [4.78, 5) is 7.58. The zero-order chi connectivity index (χ0) is 12.8. The van der Waals surface area contributed by atoms with Crippen molar-refractivity contribution in [1.82, 2.24) is 19.7 Å². The molecule has 94 valence electrons. The Balaban J connectivity index is 2.03. The Hall–Kier alpha value is -1.77. The van der Waals surface area contributed by atoms with Crippen LogP contribution in [0.5, 0.6) is 0 Å². The summed E-state index contributed by atoms with van der Waals surface area (Å²) in [5.41, 5.74) is 0.196. The third kappa shape index (κ3) is 1.80. The van der Waals surface area contributed by atoms with E-state index >= 15 is 0 Å². The molecule has 0 aromatic carbocycles. The van der Waals surface area contributed by atoms with Crippen LogP contribution in [0.25, 0.3) is 11.5 Å². The SMILES string of the molecule is FC(F)(F)c1nc(-c2nnc3n2CCN=C3)cs1. The van der Waals surface area contributed by atoms with Gasteiger partial charge in [0, 0.05) is 11.9 Å². The summed E-state index contributed by atoms with van der Waals surface area (Å²) in [5.74, 6) is 0.890. The highest BCUT2D eigenvalue weighted by Crippen LogP contribution is 2.33. The molecule has 0 aliphatic carbocycles. The number of rotatable bonds is 1. The predicted octanol–water partition coefficient (Wildman–Crippen LogP) is 1.85. The summed E-state index contributed by atoms with van der Waals surface area (Å²) in [6.45, 7) is 1.11. The molecule has 0 N–H and O–H groups in total. The number of aliphatic imine (C=N–C) groups is 1. The lowest BCUT2D eigenvalue weighted by atomic mass is 10.4. The van der Waals surface area contributed by atoms with Gasteiger partial charge in [-0.25, -0.2) is 4.98 Å². The molecule has 3 rings (SSSR count). The number of hydrogen-bond donors (Lipinski definition) is 0. The maximum atomic E-state index is 12.5. The van der Waals surface area contributed by atoms with Crippen LogP contribution in [0.4, 0.5) is 13.2 Å². The fourth-order valence-corrected chi connectivity index (χ4v) is 2.30. The van der Waals surface area contributed by atoms with Gasteiger partial charge in [0.15, 0.2) is 16.7 Å². The lowest BCUT2D eigenvalue weighted by molar-refractivity contribution is -0.137. The second-order valence-corrected chi connectivity index (χ2v) is 4.46. The molecular weight excluding hydrogens is 267 g/mol. The molecule has 3 heterocycles. The van der Waals surface area contributed by atoms with Crippen molar-refractivity contribution in [1.29, 1.82) is 0 Å². The molecule has 0 bridgehead atoms. The Bertz CT molecular complexity index is 612. The average molecular weight is 273 g/mol. The van der Waals surface area contributed by atoms with Crippen molar-refractivity contribution in [3.63, 3.8) is 0 Å². The molecule has 0 spiro atoms. The highest BCUT2D eigenvalue weighted by atomic mass is 32.1. The molecule has 0 fully saturated rings. The quantitative estimate of drug-likeness (QED) is 0.796. The van der Waals surface area contributed by atoms with Gasteiger partial charge >= 0.3 is 6.18 Å². The molecule has 0 amide bonds. The van der Waals surface area contributed by atoms with Gasteiger partial charge in [-0.1, -0.05) is 0 Å². The predicted molar refractivity (Wildman–Crippen MR) is 58.6 cm³/mol. The Kier molecular flexibility index (Phi) is 2.44. The number of fused-ring (bicyclic) bond motifs is 1. The second-order valence-electron chi connectivity index (χ2n) is 3.60. The first-order valence-corrected chi connectivity index (χ1v) is 5.90. The Morgan fingerprint density at radius 3 is 2.83 bits per heavy atom. The number of alkyl halides is 3. The minimum atomic E-state index is -4.42. The van der Waals surface area contributed by atoms with Crippen LogP contribution in [0.3, 0.4) is 0 Å². The van der Waals surface area contributed by atoms with Crippen LogP contribution in [0.1, 0.15) is 10.8 Å². The van der Waals surface area contributed by atoms with E-state index in [9.17, 15) is 13.2 Å². The minimum Gasteiger partial charge on any atom is -0.303 e. The first-order valence-electron chi connectivity index (χ1n) is 5.02. The molecule has 2 aromatic heterocycles. The van der Waals surface area contributed by atoms with E-state index in [1.807, 2.05) is 0 Å². The summed E-state index contributed by atoms with van der Waals surface area (Å²) in [6.07, 6.45) is -2.87. The normalized spacial score (nSPS) is 14.8. The van der Waals surface area contributed by atoms with Gasteiger partial charge in [0.1, 0.15) is 5.69 Å². The van der Waals surface area contributed by atoms with Crippen molar-refractivity contribution in [3.05, 3.63) is 16.2 Å². The summed E-state index contributed by atoms with van der Waals surface area (Å²) < 4.78 is 39.1. The summed E-state index contributed by atoms with van der Waals surface area (Å²) in [6, 6.07) is 0. The Labute approximate surface area is 103 Å². The molecule has 5 nitrogen and oxygen atoms in total. The molecule has 2 aromatic rings. The number of hydrogen-bond acceptors (Lipinski definition) is 5. The Morgan fingerprint density at radius 2 is 2.11 bits per heavy atom. The lowest BCUT2D eigenvalue weighted by Gasteiger charge is -2.08. The van der Waals surface area contributed by atoms with Crippen LogP contribution < -0.4 is 0 Å². The van der Waals surface area contributed by atoms with E-state index in [2.05, 4.69) is 20.2 Å². The molecule has 1 aliphatic heterocycles. The topological polar surface area (TPSA) is 56.0 Å². The van der Waals surface area contributed by atoms with E-state index in [1.54, 1.807) is 10.8 Å². The van der Waals surface area contributed by atoms with Crippen molar-refractivity contribution < 1.29 is 13.2 Å². The first kappa shape index (κ1) is 11.3. The van der Waals surface area contributed by atoms with Crippen molar-refractivity contribution in [3.8, 4) is 11.5 Å². The van der Waals surface area contributed by atoms with Crippen LogP contribution in [0.15, 0.2) is 10.4 Å². The minimum absolute atomic E-state index is 0.196. The van der Waals surface area contributed by atoms with Crippen LogP contribution in [0.2, 0.25) is 0 Å². The fourth-order valence-electron chi connectivity index (χ4n) is 1.63. The van der Waals surface area contributed by atoms with Crippen molar-refractivity contribution in [2.75, 3.05) is 6.54 Å². The summed E-state index contributed by atoms with van der Waals surface area (Å²) >= 11 is 0.555. The molecule has 9 heteroatoms. The van der Waals surface area contributed by atoms with Gasteiger partial charge in [0.05, 0.1) is 12.8 Å². The monoisotopic (exact) mass is 273 g/mol. The van der Waals surface area contributed by atoms with Gasteiger partial charge < -0.3 is 4.57 Å². The van der Waals surface area contributed by atoms with Gasteiger partial charge in [-0.05, 0) is 0 Å². The molecule has 18 heavy (non-hydrogen) atoms. The molecular formula is C9H6F3N5S. The number of thiazole rings is 1. The van der Waals surface area contributed by atoms with E-state index < -0.39 is 11.2 Å². The first-order chi connectivity index (χ1) is 8.55. The lowest BCUT2D eigenvalue weighted by Crippen LogP contribution is -2.12. The third-order valence-corrected chi connectivity index (χ3v) is 3.30. The highest BCUT2D eigenvalue weighted by molar-refractivity contribution is 7.10. The number of nitrogens with zero attached hydrogens (tertiary/aromatic N) is 5. The van der Waals surface area contributed by atoms with Gasteiger partial charge in [-0.2, -0.15) is 13.2 Å². The fraction of sp³-hybridized carbons (Fsp3) is 0.333. The smallest absolute Gasteiger partial charge is 0.303 e. The average Bonchev–Trinajstić information content (AvgIpc) is 2.94. The molecule has 1 aliphatic rings. The van der Waals surface area contributed by atoms with E-state index in [1.165, 1.54) is 5.38 Å². The van der Waals surface area contributed by atoms with E-state index in [0.29, 0.717) is 36.1 Å². The van der Waals surface area contributed by atoms with Crippen LogP contribution in [0, 0.1) is 0 Å². The Morgan fingerprint density at radius 1 is 1.28 bits per heavy atom. The zero-order valence-corrected chi connectivity index (χ0v) is 9.66. The maximum Gasteiger partial charge on any atom is 0.443 e. The largest absolute Gasteiger partial charge is 0.443 e. The molecule has 0 radical (unpaired) electrons. The molecule has 0 saturated heterocycles. The highest BCUT2D eigenvalue weighted by Gasteiger charge is 2.35. The van der Waals surface area contributed by atoms with Crippen molar-refractivity contribution >= 4 is 17.6 Å². The van der Waals surface area contributed by atoms with Gasteiger partial charge in [-0.15, -0.1) is 21.5 Å². The van der Waals surface area contributed by atoms with Gasteiger partial charge in [0.25, 0.3) is 0 Å². The van der Waals surface area contributed by atoms with Gasteiger partial charge in [0.2, 0.25) is 0 Å². The third-order valence-electron chi connectivity index (χ3n) is 2.41. The van der Waals surface area contributed by atoms with Crippen LogP contribution in [-0.2, 0) is 12.7 Å². The summed E-state index contributed by atoms with van der Waals surface area (Å²) in [5, 5.41) is 8.18. The van der Waals surface area contributed by atoms with E-state index in [-0.39, 0.29) is 5.69 Å².